The number of aromatic amines is 1. The fraction of sp³-hybridized carbons (Fsp3) is 0.364. The van der Waals surface area contributed by atoms with Crippen LogP contribution >= 0.6 is 0 Å². The number of nitrogens with zero attached hydrogens (tertiary/aromatic N) is 1. The van der Waals surface area contributed by atoms with Gasteiger partial charge in [0.1, 0.15) is 0 Å². The van der Waals surface area contributed by atoms with Crippen LogP contribution in [-0.2, 0) is 17.8 Å². The second-order valence-corrected chi connectivity index (χ2v) is 7.77. The van der Waals surface area contributed by atoms with E-state index in [1.807, 2.05) is 12.1 Å². The quantitative estimate of drug-likeness (QED) is 0.651. The fourth-order valence-corrected chi connectivity index (χ4v) is 4.00. The third kappa shape index (κ3) is 3.74. The molecule has 0 fully saturated rings. The first-order valence-electron chi connectivity index (χ1n) is 9.63. The van der Waals surface area contributed by atoms with Crippen molar-refractivity contribution >= 4 is 16.8 Å². The molecule has 1 aliphatic heterocycles. The summed E-state index contributed by atoms with van der Waals surface area (Å²) >= 11 is 0. The van der Waals surface area contributed by atoms with Gasteiger partial charge in [0.25, 0.3) is 0 Å². The zero-order valence-corrected chi connectivity index (χ0v) is 15.8. The van der Waals surface area contributed by atoms with E-state index in [2.05, 4.69) is 58.8 Å². The van der Waals surface area contributed by atoms with Gasteiger partial charge in [0.05, 0.1) is 6.04 Å². The van der Waals surface area contributed by atoms with Gasteiger partial charge in [-0.2, -0.15) is 0 Å². The SMILES string of the molecule is CC(C)CC1NC(C(=O)NCc2cccnc2)Cc2c[nH]c3cccc1c23. The first kappa shape index (κ1) is 17.7. The standard InChI is InChI=1S/C22H26N4O/c1-14(2)9-19-17-6-3-7-18-21(17)16(13-24-18)10-20(26-19)22(27)25-12-15-5-4-8-23-11-15/h3-8,11,13-14,19-20,24,26H,9-10,12H2,1-2H3,(H,25,27). The normalized spacial score (nSPS) is 19.2. The van der Waals surface area contributed by atoms with E-state index in [1.165, 1.54) is 16.5 Å². The Labute approximate surface area is 159 Å². The van der Waals surface area contributed by atoms with Crippen molar-refractivity contribution in [1.82, 2.24) is 20.6 Å². The summed E-state index contributed by atoms with van der Waals surface area (Å²) in [5, 5.41) is 7.98. The number of benzene rings is 1. The van der Waals surface area contributed by atoms with E-state index in [0.717, 1.165) is 17.5 Å². The number of hydrogen-bond acceptors (Lipinski definition) is 3. The predicted octanol–water partition coefficient (Wildman–Crippen LogP) is 3.48. The highest BCUT2D eigenvalue weighted by molar-refractivity contribution is 5.90. The monoisotopic (exact) mass is 362 g/mol. The molecule has 0 saturated carbocycles. The number of hydrogen-bond donors (Lipinski definition) is 3. The summed E-state index contributed by atoms with van der Waals surface area (Å²) < 4.78 is 0. The Kier molecular flexibility index (Phi) is 4.94. The summed E-state index contributed by atoms with van der Waals surface area (Å²) in [6.45, 7) is 4.94. The third-order valence-electron chi connectivity index (χ3n) is 5.23. The van der Waals surface area contributed by atoms with E-state index >= 15 is 0 Å². The van der Waals surface area contributed by atoms with Crippen molar-refractivity contribution < 1.29 is 4.79 Å². The highest BCUT2D eigenvalue weighted by atomic mass is 16.2. The molecule has 5 nitrogen and oxygen atoms in total. The zero-order chi connectivity index (χ0) is 18.8. The van der Waals surface area contributed by atoms with E-state index in [4.69, 9.17) is 0 Å². The molecule has 5 heteroatoms. The molecular weight excluding hydrogens is 336 g/mol. The Balaban J connectivity index is 1.58. The summed E-state index contributed by atoms with van der Waals surface area (Å²) in [7, 11) is 0. The number of aromatic nitrogens is 2. The van der Waals surface area contributed by atoms with Crippen molar-refractivity contribution in [3.8, 4) is 0 Å². The van der Waals surface area contributed by atoms with E-state index in [9.17, 15) is 4.79 Å². The van der Waals surface area contributed by atoms with Crippen LogP contribution in [0.3, 0.4) is 0 Å². The van der Waals surface area contributed by atoms with Crippen molar-refractivity contribution in [2.24, 2.45) is 5.92 Å². The molecule has 3 heterocycles. The van der Waals surface area contributed by atoms with Gasteiger partial charge in [0, 0.05) is 42.1 Å². The predicted molar refractivity (Wildman–Crippen MR) is 107 cm³/mol. The first-order valence-corrected chi connectivity index (χ1v) is 9.63. The Bertz CT molecular complexity index is 932. The average molecular weight is 362 g/mol. The summed E-state index contributed by atoms with van der Waals surface area (Å²) in [5.74, 6) is 0.576. The molecule has 2 unspecified atom stereocenters. The fourth-order valence-electron chi connectivity index (χ4n) is 4.00. The Morgan fingerprint density at radius 2 is 2.19 bits per heavy atom. The van der Waals surface area contributed by atoms with Gasteiger partial charge in [-0.15, -0.1) is 0 Å². The highest BCUT2D eigenvalue weighted by Gasteiger charge is 2.29. The molecular formula is C22H26N4O. The summed E-state index contributed by atoms with van der Waals surface area (Å²) in [6, 6.07) is 10.2. The number of carbonyl (C=O) groups is 1. The summed E-state index contributed by atoms with van der Waals surface area (Å²) in [6.07, 6.45) is 7.26. The van der Waals surface area contributed by atoms with Crippen LogP contribution in [0.2, 0.25) is 0 Å². The van der Waals surface area contributed by atoms with E-state index in [1.54, 1.807) is 12.4 Å². The molecule has 0 bridgehead atoms. The number of pyridine rings is 1. The third-order valence-corrected chi connectivity index (χ3v) is 5.23. The van der Waals surface area contributed by atoms with Gasteiger partial charge in [-0.25, -0.2) is 0 Å². The smallest absolute Gasteiger partial charge is 0.237 e. The minimum Gasteiger partial charge on any atom is -0.361 e. The maximum atomic E-state index is 12.9. The van der Waals surface area contributed by atoms with Gasteiger partial charge >= 0.3 is 0 Å². The van der Waals surface area contributed by atoms with Crippen LogP contribution in [0, 0.1) is 5.92 Å². The lowest BCUT2D eigenvalue weighted by Crippen LogP contribution is -2.46. The molecule has 3 N–H and O–H groups in total. The van der Waals surface area contributed by atoms with Crippen LogP contribution in [0.1, 0.15) is 43.0 Å². The summed E-state index contributed by atoms with van der Waals surface area (Å²) in [4.78, 5) is 20.4. The van der Waals surface area contributed by atoms with Crippen LogP contribution in [-0.4, -0.2) is 21.9 Å². The summed E-state index contributed by atoms with van der Waals surface area (Å²) in [5.41, 5.74) is 4.65. The molecule has 0 radical (unpaired) electrons. The number of amides is 1. The van der Waals surface area contributed by atoms with Crippen molar-refractivity contribution in [1.29, 1.82) is 0 Å². The lowest BCUT2D eigenvalue weighted by Gasteiger charge is -2.25. The number of carbonyl (C=O) groups excluding carboxylic acids is 1. The molecule has 2 aromatic heterocycles. The van der Waals surface area contributed by atoms with Gasteiger partial charge in [-0.05, 0) is 47.6 Å². The molecule has 1 aliphatic rings. The Hall–Kier alpha value is -2.66. The number of rotatable bonds is 5. The van der Waals surface area contributed by atoms with Gasteiger partial charge < -0.3 is 10.3 Å². The molecule has 140 valence electrons. The maximum absolute atomic E-state index is 12.9. The molecule has 4 rings (SSSR count). The topological polar surface area (TPSA) is 69.8 Å². The highest BCUT2D eigenvalue weighted by Crippen LogP contribution is 2.34. The van der Waals surface area contributed by atoms with Crippen LogP contribution in [0.5, 0.6) is 0 Å². The Morgan fingerprint density at radius 1 is 1.30 bits per heavy atom. The molecule has 0 aliphatic carbocycles. The average Bonchev–Trinajstić information content (AvgIpc) is 3.01. The van der Waals surface area contributed by atoms with Crippen LogP contribution in [0.15, 0.2) is 48.9 Å². The first-order chi connectivity index (χ1) is 13.1. The van der Waals surface area contributed by atoms with E-state index < -0.39 is 0 Å². The second kappa shape index (κ2) is 7.53. The van der Waals surface area contributed by atoms with Gasteiger partial charge in [0.2, 0.25) is 5.91 Å². The van der Waals surface area contributed by atoms with Crippen LogP contribution in [0.4, 0.5) is 0 Å². The van der Waals surface area contributed by atoms with Crippen LogP contribution < -0.4 is 10.6 Å². The van der Waals surface area contributed by atoms with Crippen LogP contribution in [0.25, 0.3) is 10.9 Å². The number of nitrogens with one attached hydrogen (secondary N) is 3. The lowest BCUT2D eigenvalue weighted by molar-refractivity contribution is -0.123. The van der Waals surface area contributed by atoms with Gasteiger partial charge in [-0.1, -0.05) is 32.0 Å². The van der Waals surface area contributed by atoms with E-state index in [-0.39, 0.29) is 18.0 Å². The van der Waals surface area contributed by atoms with Crippen molar-refractivity contribution in [3.05, 3.63) is 65.6 Å². The Morgan fingerprint density at radius 3 is 2.96 bits per heavy atom. The number of H-pyrrole nitrogens is 1. The minimum atomic E-state index is -0.253. The minimum absolute atomic E-state index is 0.0368. The second-order valence-electron chi connectivity index (χ2n) is 7.77. The van der Waals surface area contributed by atoms with Gasteiger partial charge in [-0.3, -0.25) is 15.1 Å². The zero-order valence-electron chi connectivity index (χ0n) is 15.8. The van der Waals surface area contributed by atoms with E-state index in [0.29, 0.717) is 18.9 Å². The molecule has 1 amide bonds. The van der Waals surface area contributed by atoms with Crippen molar-refractivity contribution in [2.75, 3.05) is 0 Å². The molecule has 1 aromatic carbocycles. The lowest BCUT2D eigenvalue weighted by atomic mass is 9.94. The van der Waals surface area contributed by atoms with Crippen molar-refractivity contribution in [3.63, 3.8) is 0 Å². The molecule has 0 spiro atoms. The van der Waals surface area contributed by atoms with Gasteiger partial charge in [0.15, 0.2) is 0 Å². The molecule has 2 atom stereocenters. The molecule has 0 saturated heterocycles. The molecule has 3 aromatic rings. The molecule has 27 heavy (non-hydrogen) atoms. The van der Waals surface area contributed by atoms with Crippen molar-refractivity contribution in [2.45, 2.75) is 45.3 Å². The maximum Gasteiger partial charge on any atom is 0.237 e. The largest absolute Gasteiger partial charge is 0.361 e.